The Morgan fingerprint density at radius 2 is 1.90 bits per heavy atom. The quantitative estimate of drug-likeness (QED) is 0.933. The second-order valence-corrected chi connectivity index (χ2v) is 8.60. The molecule has 2 rings (SSSR count). The lowest BCUT2D eigenvalue weighted by atomic mass is 9.73. The Bertz CT molecular complexity index is 575. The van der Waals surface area contributed by atoms with E-state index in [1.54, 1.807) is 0 Å². The van der Waals surface area contributed by atoms with E-state index in [0.29, 0.717) is 6.42 Å². The number of aryl methyl sites for hydroxylation is 1. The molecular formula is C16H24O3S. The van der Waals surface area contributed by atoms with Crippen molar-refractivity contribution < 1.29 is 13.5 Å². The van der Waals surface area contributed by atoms with Gasteiger partial charge in [-0.1, -0.05) is 30.7 Å². The molecule has 0 aliphatic heterocycles. The van der Waals surface area contributed by atoms with E-state index in [1.165, 1.54) is 6.26 Å². The molecule has 1 saturated carbocycles. The molecule has 20 heavy (non-hydrogen) atoms. The van der Waals surface area contributed by atoms with E-state index >= 15 is 0 Å². The zero-order valence-electron chi connectivity index (χ0n) is 12.5. The summed E-state index contributed by atoms with van der Waals surface area (Å²) in [7, 11) is -3.02. The molecule has 0 radical (unpaired) electrons. The summed E-state index contributed by atoms with van der Waals surface area (Å²) in [5.41, 5.74) is 1.01. The van der Waals surface area contributed by atoms with Crippen LogP contribution in [0.15, 0.2) is 24.3 Å². The summed E-state index contributed by atoms with van der Waals surface area (Å²) in [5.74, 6) is -0.00271. The second-order valence-electron chi connectivity index (χ2n) is 6.28. The van der Waals surface area contributed by atoms with Gasteiger partial charge < -0.3 is 5.11 Å². The SMILES string of the molecule is Cc1ccccc1C(C)(O)C1CCCC(S(C)(=O)=O)C1. The Kier molecular flexibility index (Phi) is 4.26. The molecule has 0 bridgehead atoms. The Morgan fingerprint density at radius 3 is 2.50 bits per heavy atom. The Morgan fingerprint density at radius 1 is 1.25 bits per heavy atom. The van der Waals surface area contributed by atoms with Crippen molar-refractivity contribution in [2.24, 2.45) is 5.92 Å². The molecule has 1 N–H and O–H groups in total. The number of rotatable bonds is 3. The number of sulfone groups is 1. The van der Waals surface area contributed by atoms with Gasteiger partial charge in [0.15, 0.2) is 0 Å². The first-order chi connectivity index (χ1) is 9.23. The summed E-state index contributed by atoms with van der Waals surface area (Å²) < 4.78 is 23.6. The third kappa shape index (κ3) is 3.07. The molecule has 1 aromatic carbocycles. The van der Waals surface area contributed by atoms with Crippen LogP contribution in [0, 0.1) is 12.8 Å². The minimum atomic E-state index is -3.02. The van der Waals surface area contributed by atoms with Crippen LogP contribution in [0.3, 0.4) is 0 Å². The van der Waals surface area contributed by atoms with Crippen LogP contribution in [0.5, 0.6) is 0 Å². The fraction of sp³-hybridized carbons (Fsp3) is 0.625. The number of benzene rings is 1. The molecule has 3 atom stereocenters. The minimum absolute atomic E-state index is 0.00271. The monoisotopic (exact) mass is 296 g/mol. The lowest BCUT2D eigenvalue weighted by Crippen LogP contribution is -2.39. The van der Waals surface area contributed by atoms with Crippen LogP contribution in [-0.2, 0) is 15.4 Å². The molecular weight excluding hydrogens is 272 g/mol. The van der Waals surface area contributed by atoms with Gasteiger partial charge in [0.1, 0.15) is 9.84 Å². The second kappa shape index (κ2) is 5.49. The molecule has 112 valence electrons. The van der Waals surface area contributed by atoms with Crippen LogP contribution in [0.2, 0.25) is 0 Å². The lowest BCUT2D eigenvalue weighted by Gasteiger charge is -2.39. The molecule has 1 aromatic rings. The largest absolute Gasteiger partial charge is 0.385 e. The zero-order valence-corrected chi connectivity index (χ0v) is 13.3. The van der Waals surface area contributed by atoms with Crippen molar-refractivity contribution in [3.05, 3.63) is 35.4 Å². The highest BCUT2D eigenvalue weighted by Crippen LogP contribution is 2.41. The molecule has 1 aliphatic rings. The maximum absolute atomic E-state index is 11.8. The van der Waals surface area contributed by atoms with Crippen molar-refractivity contribution in [2.45, 2.75) is 50.4 Å². The molecule has 0 amide bonds. The van der Waals surface area contributed by atoms with Crippen LogP contribution in [-0.4, -0.2) is 25.0 Å². The molecule has 0 saturated heterocycles. The topological polar surface area (TPSA) is 54.4 Å². The van der Waals surface area contributed by atoms with Gasteiger partial charge >= 0.3 is 0 Å². The summed E-state index contributed by atoms with van der Waals surface area (Å²) in [5, 5.41) is 10.7. The van der Waals surface area contributed by atoms with E-state index in [0.717, 1.165) is 30.4 Å². The third-order valence-corrected chi connectivity index (χ3v) is 6.36. The van der Waals surface area contributed by atoms with Crippen molar-refractivity contribution in [1.82, 2.24) is 0 Å². The molecule has 3 unspecified atom stereocenters. The number of hydrogen-bond acceptors (Lipinski definition) is 3. The average Bonchev–Trinajstić information content (AvgIpc) is 2.38. The van der Waals surface area contributed by atoms with E-state index in [2.05, 4.69) is 0 Å². The molecule has 3 nitrogen and oxygen atoms in total. The average molecular weight is 296 g/mol. The smallest absolute Gasteiger partial charge is 0.150 e. The summed E-state index contributed by atoms with van der Waals surface area (Å²) in [6, 6.07) is 7.81. The first kappa shape index (κ1) is 15.5. The highest BCUT2D eigenvalue weighted by molar-refractivity contribution is 7.91. The van der Waals surface area contributed by atoms with Crippen LogP contribution in [0.25, 0.3) is 0 Å². The van der Waals surface area contributed by atoms with Crippen LogP contribution < -0.4 is 0 Å². The van der Waals surface area contributed by atoms with Gasteiger partial charge in [-0.05, 0) is 50.2 Å². The van der Waals surface area contributed by atoms with Crippen molar-refractivity contribution >= 4 is 9.84 Å². The van der Waals surface area contributed by atoms with Crippen molar-refractivity contribution in [3.63, 3.8) is 0 Å². The summed E-state index contributed by atoms with van der Waals surface area (Å²) in [6.07, 6.45) is 4.33. The van der Waals surface area contributed by atoms with Gasteiger partial charge in [-0.3, -0.25) is 0 Å². The van der Waals surface area contributed by atoms with Gasteiger partial charge in [0.25, 0.3) is 0 Å². The molecule has 0 aromatic heterocycles. The maximum atomic E-state index is 11.8. The lowest BCUT2D eigenvalue weighted by molar-refractivity contribution is -0.0213. The van der Waals surface area contributed by atoms with Gasteiger partial charge in [0.05, 0.1) is 10.9 Å². The third-order valence-electron chi connectivity index (χ3n) is 4.72. The molecule has 4 heteroatoms. The van der Waals surface area contributed by atoms with E-state index < -0.39 is 15.4 Å². The predicted octanol–water partition coefficient (Wildman–Crippen LogP) is 2.81. The molecule has 1 aliphatic carbocycles. The van der Waals surface area contributed by atoms with Crippen molar-refractivity contribution in [1.29, 1.82) is 0 Å². The Hall–Kier alpha value is -0.870. The fourth-order valence-electron chi connectivity index (χ4n) is 3.41. The van der Waals surface area contributed by atoms with Crippen LogP contribution >= 0.6 is 0 Å². The normalized spacial score (nSPS) is 27.0. The standard InChI is InChI=1S/C16H24O3S/c1-12-7-4-5-10-15(12)16(2,17)13-8-6-9-14(11-13)20(3,18)19/h4-5,7,10,13-14,17H,6,8-9,11H2,1-3H3. The predicted molar refractivity (Wildman–Crippen MR) is 81.3 cm³/mol. The van der Waals surface area contributed by atoms with E-state index in [9.17, 15) is 13.5 Å². The Balaban J connectivity index is 2.28. The van der Waals surface area contributed by atoms with Gasteiger partial charge in [0.2, 0.25) is 0 Å². The van der Waals surface area contributed by atoms with Crippen LogP contribution in [0.4, 0.5) is 0 Å². The summed E-state index contributed by atoms with van der Waals surface area (Å²) in [6.45, 7) is 3.81. The van der Waals surface area contributed by atoms with Gasteiger partial charge in [-0.2, -0.15) is 0 Å². The van der Waals surface area contributed by atoms with Gasteiger partial charge in [0, 0.05) is 6.26 Å². The summed E-state index contributed by atoms with van der Waals surface area (Å²) >= 11 is 0. The van der Waals surface area contributed by atoms with Crippen LogP contribution in [0.1, 0.15) is 43.7 Å². The summed E-state index contributed by atoms with van der Waals surface area (Å²) in [4.78, 5) is 0. The van der Waals surface area contributed by atoms with Gasteiger partial charge in [-0.15, -0.1) is 0 Å². The molecule has 0 spiro atoms. The fourth-order valence-corrected chi connectivity index (χ4v) is 4.58. The minimum Gasteiger partial charge on any atom is -0.385 e. The number of aliphatic hydroxyl groups is 1. The maximum Gasteiger partial charge on any atom is 0.150 e. The molecule has 1 fully saturated rings. The van der Waals surface area contributed by atoms with Crippen molar-refractivity contribution in [2.75, 3.05) is 6.26 Å². The van der Waals surface area contributed by atoms with E-state index in [1.807, 2.05) is 38.1 Å². The van der Waals surface area contributed by atoms with Crippen molar-refractivity contribution in [3.8, 4) is 0 Å². The highest BCUT2D eigenvalue weighted by atomic mass is 32.2. The van der Waals surface area contributed by atoms with Gasteiger partial charge in [-0.25, -0.2) is 8.42 Å². The highest BCUT2D eigenvalue weighted by Gasteiger charge is 2.40. The van der Waals surface area contributed by atoms with E-state index in [4.69, 9.17) is 0 Å². The first-order valence-electron chi connectivity index (χ1n) is 7.20. The zero-order chi connectivity index (χ0) is 15.0. The first-order valence-corrected chi connectivity index (χ1v) is 9.15. The Labute approximate surface area is 121 Å². The van der Waals surface area contributed by atoms with E-state index in [-0.39, 0.29) is 11.2 Å². The number of hydrogen-bond donors (Lipinski definition) is 1. The molecule has 0 heterocycles.